The van der Waals surface area contributed by atoms with Crippen LogP contribution in [0.4, 0.5) is 19.1 Å². The maximum absolute atomic E-state index is 13.2. The highest BCUT2D eigenvalue weighted by atomic mass is 19.4. The molecule has 0 radical (unpaired) electrons. The lowest BCUT2D eigenvalue weighted by atomic mass is 10.1. The molecule has 8 nitrogen and oxygen atoms in total. The van der Waals surface area contributed by atoms with Crippen LogP contribution in [0, 0.1) is 0 Å². The first kappa shape index (κ1) is 21.6. The third kappa shape index (κ3) is 4.98. The quantitative estimate of drug-likeness (QED) is 0.618. The Morgan fingerprint density at radius 1 is 1.09 bits per heavy atom. The molecule has 1 fully saturated rings. The molecule has 168 valence electrons. The third-order valence-electron chi connectivity index (χ3n) is 5.11. The number of hydrogen-bond acceptors (Lipinski definition) is 6. The number of aromatic nitrogens is 4. The van der Waals surface area contributed by atoms with Crippen LogP contribution in [0.1, 0.15) is 18.4 Å². The third-order valence-corrected chi connectivity index (χ3v) is 5.11. The number of carbonyl (C=O) groups is 1. The molecule has 11 heteroatoms. The zero-order chi connectivity index (χ0) is 22.7. The Morgan fingerprint density at radius 2 is 1.78 bits per heavy atom. The van der Waals surface area contributed by atoms with Gasteiger partial charge in [0, 0.05) is 55.6 Å². The lowest BCUT2D eigenvalue weighted by Crippen LogP contribution is -2.39. The fourth-order valence-electron chi connectivity index (χ4n) is 3.53. The summed E-state index contributed by atoms with van der Waals surface area (Å²) in [5.41, 5.74) is 0.633. The van der Waals surface area contributed by atoms with Gasteiger partial charge in [-0.15, -0.1) is 0 Å². The predicted octanol–water partition coefficient (Wildman–Crippen LogP) is 3.49. The lowest BCUT2D eigenvalue weighted by Gasteiger charge is -2.32. The van der Waals surface area contributed by atoms with Gasteiger partial charge in [-0.3, -0.25) is 9.48 Å². The summed E-state index contributed by atoms with van der Waals surface area (Å²) in [5, 5.41) is 12.8. The SMILES string of the molecule is O=C(O)Cn1cc(-c2cnc(N3CCC(Oc4ccccc4C(F)(F)F)CC3)nc2)cn1. The number of carboxylic acid groups (broad SMARTS) is 1. The van der Waals surface area contributed by atoms with E-state index in [1.165, 1.54) is 22.9 Å². The molecule has 1 aliphatic rings. The molecule has 1 N–H and O–H groups in total. The molecule has 0 amide bonds. The normalized spacial score (nSPS) is 15.0. The van der Waals surface area contributed by atoms with E-state index in [1.807, 2.05) is 4.90 Å². The zero-order valence-corrected chi connectivity index (χ0v) is 16.9. The monoisotopic (exact) mass is 447 g/mol. The number of aliphatic carboxylic acids is 1. The van der Waals surface area contributed by atoms with E-state index in [0.717, 1.165) is 6.07 Å². The highest BCUT2D eigenvalue weighted by Crippen LogP contribution is 2.37. The van der Waals surface area contributed by atoms with E-state index in [4.69, 9.17) is 9.84 Å². The van der Waals surface area contributed by atoms with Crippen molar-refractivity contribution in [2.75, 3.05) is 18.0 Å². The van der Waals surface area contributed by atoms with Gasteiger partial charge in [0.25, 0.3) is 0 Å². The number of carboxylic acids is 1. The molecule has 0 atom stereocenters. The van der Waals surface area contributed by atoms with Crippen molar-refractivity contribution in [3.63, 3.8) is 0 Å². The van der Waals surface area contributed by atoms with Crippen LogP contribution >= 0.6 is 0 Å². The molecule has 0 spiro atoms. The summed E-state index contributed by atoms with van der Waals surface area (Å²) in [6, 6.07) is 5.23. The number of anilines is 1. The number of benzene rings is 1. The van der Waals surface area contributed by atoms with Crippen LogP contribution in [0.2, 0.25) is 0 Å². The van der Waals surface area contributed by atoms with Gasteiger partial charge in [0.15, 0.2) is 0 Å². The lowest BCUT2D eigenvalue weighted by molar-refractivity contribution is -0.139. The van der Waals surface area contributed by atoms with Gasteiger partial charge in [0.2, 0.25) is 5.95 Å². The average molecular weight is 447 g/mol. The number of halogens is 3. The van der Waals surface area contributed by atoms with Crippen molar-refractivity contribution in [2.45, 2.75) is 31.7 Å². The number of hydrogen-bond donors (Lipinski definition) is 1. The molecule has 0 unspecified atom stereocenters. The molecule has 3 heterocycles. The summed E-state index contributed by atoms with van der Waals surface area (Å²) >= 11 is 0. The van der Waals surface area contributed by atoms with Gasteiger partial charge < -0.3 is 14.7 Å². The maximum atomic E-state index is 13.2. The van der Waals surface area contributed by atoms with E-state index >= 15 is 0 Å². The van der Waals surface area contributed by atoms with Crippen molar-refractivity contribution in [1.29, 1.82) is 0 Å². The van der Waals surface area contributed by atoms with Crippen molar-refractivity contribution >= 4 is 11.9 Å². The summed E-state index contributed by atoms with van der Waals surface area (Å²) in [6.07, 6.45) is 2.71. The Morgan fingerprint density at radius 3 is 2.44 bits per heavy atom. The minimum Gasteiger partial charge on any atom is -0.490 e. The van der Waals surface area contributed by atoms with E-state index in [-0.39, 0.29) is 18.4 Å². The molecular formula is C21H20F3N5O3. The Labute approximate surface area is 181 Å². The zero-order valence-electron chi connectivity index (χ0n) is 16.9. The minimum atomic E-state index is -4.46. The molecule has 3 aromatic rings. The van der Waals surface area contributed by atoms with Gasteiger partial charge in [-0.1, -0.05) is 12.1 Å². The van der Waals surface area contributed by atoms with E-state index < -0.39 is 17.7 Å². The van der Waals surface area contributed by atoms with E-state index in [0.29, 0.717) is 43.0 Å². The van der Waals surface area contributed by atoms with Crippen LogP contribution in [0.3, 0.4) is 0 Å². The van der Waals surface area contributed by atoms with Crippen molar-refractivity contribution in [3.8, 4) is 16.9 Å². The second-order valence-corrected chi connectivity index (χ2v) is 7.39. The van der Waals surface area contributed by atoms with Crippen LogP contribution in [-0.2, 0) is 17.5 Å². The number of para-hydroxylation sites is 1. The first-order valence-electron chi connectivity index (χ1n) is 9.94. The Hall–Kier alpha value is -3.63. The second-order valence-electron chi connectivity index (χ2n) is 7.39. The molecular weight excluding hydrogens is 427 g/mol. The number of piperidine rings is 1. The average Bonchev–Trinajstić information content (AvgIpc) is 3.22. The highest BCUT2D eigenvalue weighted by Gasteiger charge is 2.35. The standard InChI is InChI=1S/C21H20F3N5O3/c22-21(23,24)17-3-1-2-4-18(17)32-16-5-7-28(8-6-16)20-25-9-14(10-26-20)15-11-27-29(12-15)13-19(30)31/h1-4,9-12,16H,5-8,13H2,(H,30,31). The summed E-state index contributed by atoms with van der Waals surface area (Å²) in [6.45, 7) is 0.868. The fourth-order valence-corrected chi connectivity index (χ4v) is 3.53. The summed E-state index contributed by atoms with van der Waals surface area (Å²) in [5.74, 6) is -0.621. The van der Waals surface area contributed by atoms with Gasteiger partial charge in [-0.2, -0.15) is 18.3 Å². The summed E-state index contributed by atoms with van der Waals surface area (Å²) in [4.78, 5) is 21.5. The first-order valence-corrected chi connectivity index (χ1v) is 9.94. The fraction of sp³-hybridized carbons (Fsp3) is 0.333. The summed E-state index contributed by atoms with van der Waals surface area (Å²) in [7, 11) is 0. The van der Waals surface area contributed by atoms with Gasteiger partial charge in [0.05, 0.1) is 11.8 Å². The van der Waals surface area contributed by atoms with Crippen molar-refractivity contribution in [1.82, 2.24) is 19.7 Å². The predicted molar refractivity (Wildman–Crippen MR) is 108 cm³/mol. The van der Waals surface area contributed by atoms with Crippen molar-refractivity contribution in [3.05, 3.63) is 54.6 Å². The molecule has 4 rings (SSSR count). The van der Waals surface area contributed by atoms with Crippen LogP contribution in [0.15, 0.2) is 49.1 Å². The number of rotatable bonds is 6. The first-order chi connectivity index (χ1) is 15.3. The molecule has 1 aromatic carbocycles. The summed E-state index contributed by atoms with van der Waals surface area (Å²) < 4.78 is 46.5. The van der Waals surface area contributed by atoms with Crippen LogP contribution in [-0.4, -0.2) is 50.0 Å². The smallest absolute Gasteiger partial charge is 0.419 e. The Balaban J connectivity index is 1.36. The van der Waals surface area contributed by atoms with E-state index in [2.05, 4.69) is 15.1 Å². The molecule has 1 aliphatic heterocycles. The van der Waals surface area contributed by atoms with Crippen LogP contribution in [0.25, 0.3) is 11.1 Å². The number of alkyl halides is 3. The molecule has 0 aliphatic carbocycles. The molecule has 0 bridgehead atoms. The molecule has 0 saturated carbocycles. The van der Waals surface area contributed by atoms with Gasteiger partial charge in [-0.25, -0.2) is 9.97 Å². The van der Waals surface area contributed by atoms with Crippen LogP contribution < -0.4 is 9.64 Å². The molecule has 1 saturated heterocycles. The van der Waals surface area contributed by atoms with Crippen molar-refractivity contribution in [2.24, 2.45) is 0 Å². The Bertz CT molecular complexity index is 1080. The molecule has 2 aromatic heterocycles. The van der Waals surface area contributed by atoms with Crippen LogP contribution in [0.5, 0.6) is 5.75 Å². The van der Waals surface area contributed by atoms with Gasteiger partial charge in [0.1, 0.15) is 18.4 Å². The van der Waals surface area contributed by atoms with E-state index in [1.54, 1.807) is 24.8 Å². The maximum Gasteiger partial charge on any atom is 0.419 e. The highest BCUT2D eigenvalue weighted by molar-refractivity contribution is 5.67. The topological polar surface area (TPSA) is 93.4 Å². The Kier molecular flexibility index (Phi) is 5.97. The van der Waals surface area contributed by atoms with Crippen molar-refractivity contribution < 1.29 is 27.8 Å². The number of nitrogens with zero attached hydrogens (tertiary/aromatic N) is 5. The number of ether oxygens (including phenoxy) is 1. The van der Waals surface area contributed by atoms with Gasteiger partial charge >= 0.3 is 12.1 Å². The van der Waals surface area contributed by atoms with E-state index in [9.17, 15) is 18.0 Å². The van der Waals surface area contributed by atoms with Gasteiger partial charge in [-0.05, 0) is 12.1 Å². The largest absolute Gasteiger partial charge is 0.490 e. The minimum absolute atomic E-state index is 0.150. The second kappa shape index (κ2) is 8.85. The molecule has 32 heavy (non-hydrogen) atoms.